The van der Waals surface area contributed by atoms with Gasteiger partial charge in [0.15, 0.2) is 5.84 Å². The van der Waals surface area contributed by atoms with Gasteiger partial charge in [-0.15, -0.1) is 4.40 Å². The van der Waals surface area contributed by atoms with E-state index < -0.39 is 10.0 Å². The number of carbonyl (C=O) groups excluding carboxylic acids is 1. The Hall–Kier alpha value is -3.20. The molecule has 0 spiro atoms. The average Bonchev–Trinajstić information content (AvgIpc) is 3.11. The second-order valence-electron chi connectivity index (χ2n) is 8.15. The van der Waals surface area contributed by atoms with E-state index in [9.17, 15) is 13.2 Å². The zero-order chi connectivity index (χ0) is 23.3. The Morgan fingerprint density at radius 2 is 1.88 bits per heavy atom. The first-order valence-electron chi connectivity index (χ1n) is 11.2. The van der Waals surface area contributed by atoms with Crippen molar-refractivity contribution in [2.24, 2.45) is 9.50 Å². The first-order chi connectivity index (χ1) is 16.0. The van der Waals surface area contributed by atoms with Crippen molar-refractivity contribution in [1.29, 1.82) is 0 Å². The molecule has 2 aliphatic rings. The number of rotatable bonds is 7. The summed E-state index contributed by atoms with van der Waals surface area (Å²) < 4.78 is 34.5. The van der Waals surface area contributed by atoms with Gasteiger partial charge >= 0.3 is 0 Å². The minimum atomic E-state index is -3.81. The Morgan fingerprint density at radius 1 is 1.15 bits per heavy atom. The summed E-state index contributed by atoms with van der Waals surface area (Å²) in [5.74, 6) is 0.772. The molecular formula is C24H28N4O4S. The molecule has 0 aromatic heterocycles. The standard InChI is InChI=1S/C24H28N4O4S/c1-32-21-13-7-5-9-18(21)17-25-28(16-15-23(29)26-19-10-3-2-4-11-19)24-20-12-6-8-14-22(20)33(30,31)27-24/h5-9,12-14,17,19H,2-4,10-11,15-16H2,1H3,(H,26,29)/b25-17+. The number of nitrogens with one attached hydrogen (secondary N) is 1. The van der Waals surface area contributed by atoms with Crippen LogP contribution < -0.4 is 10.1 Å². The number of hydrazone groups is 1. The highest BCUT2D eigenvalue weighted by atomic mass is 32.2. The lowest BCUT2D eigenvalue weighted by molar-refractivity contribution is -0.122. The monoisotopic (exact) mass is 468 g/mol. The molecule has 1 saturated carbocycles. The van der Waals surface area contributed by atoms with Crippen LogP contribution in [0.2, 0.25) is 0 Å². The predicted octanol–water partition coefficient (Wildman–Crippen LogP) is 3.32. The molecule has 0 radical (unpaired) electrons. The number of amidine groups is 1. The fourth-order valence-corrected chi connectivity index (χ4v) is 5.36. The fraction of sp³-hybridized carbons (Fsp3) is 0.375. The molecule has 2 aromatic carbocycles. The fourth-order valence-electron chi connectivity index (χ4n) is 4.15. The summed E-state index contributed by atoms with van der Waals surface area (Å²) in [6.45, 7) is 0.187. The maximum atomic E-state index is 12.6. The van der Waals surface area contributed by atoms with Gasteiger partial charge < -0.3 is 10.1 Å². The minimum Gasteiger partial charge on any atom is -0.496 e. The second kappa shape index (κ2) is 10.2. The van der Waals surface area contributed by atoms with Gasteiger partial charge in [0.2, 0.25) is 5.91 Å². The number of para-hydroxylation sites is 1. The molecule has 1 N–H and O–H groups in total. The molecule has 1 aliphatic carbocycles. The molecule has 1 fully saturated rings. The van der Waals surface area contributed by atoms with Gasteiger partial charge in [-0.25, -0.2) is 5.01 Å². The van der Waals surface area contributed by atoms with E-state index in [-0.39, 0.29) is 35.6 Å². The highest BCUT2D eigenvalue weighted by Crippen LogP contribution is 2.28. The SMILES string of the molecule is COc1ccccc1/C=N/N(CCC(=O)NC1CCCCC1)C1=NS(=O)(=O)c2ccccc21. The summed E-state index contributed by atoms with van der Waals surface area (Å²) in [5.41, 5.74) is 1.20. The van der Waals surface area contributed by atoms with Crippen molar-refractivity contribution in [3.63, 3.8) is 0 Å². The maximum Gasteiger partial charge on any atom is 0.285 e. The molecule has 1 aliphatic heterocycles. The molecular weight excluding hydrogens is 440 g/mol. The number of sulfonamides is 1. The molecule has 1 heterocycles. The van der Waals surface area contributed by atoms with Crippen LogP contribution in [0.5, 0.6) is 5.75 Å². The Kier molecular flexibility index (Phi) is 7.08. The number of nitrogens with zero attached hydrogens (tertiary/aromatic N) is 3. The summed E-state index contributed by atoms with van der Waals surface area (Å²) in [5, 5.41) is 9.10. The van der Waals surface area contributed by atoms with Gasteiger partial charge in [0.25, 0.3) is 10.0 Å². The molecule has 9 heteroatoms. The minimum absolute atomic E-state index is 0.0749. The zero-order valence-electron chi connectivity index (χ0n) is 18.6. The lowest BCUT2D eigenvalue weighted by atomic mass is 9.95. The first-order valence-corrected chi connectivity index (χ1v) is 12.6. The third-order valence-electron chi connectivity index (χ3n) is 5.85. The topological polar surface area (TPSA) is 100 Å². The molecule has 8 nitrogen and oxygen atoms in total. The van der Waals surface area contributed by atoms with Crippen LogP contribution in [0.25, 0.3) is 0 Å². The van der Waals surface area contributed by atoms with Gasteiger partial charge in [-0.2, -0.15) is 13.5 Å². The highest BCUT2D eigenvalue weighted by molar-refractivity contribution is 7.90. The van der Waals surface area contributed by atoms with Crippen molar-refractivity contribution >= 4 is 28.0 Å². The summed E-state index contributed by atoms with van der Waals surface area (Å²) in [4.78, 5) is 12.8. The number of methoxy groups -OCH3 is 1. The largest absolute Gasteiger partial charge is 0.496 e. The van der Waals surface area contributed by atoms with E-state index in [2.05, 4.69) is 14.8 Å². The normalized spacial score (nSPS) is 17.4. The Balaban J connectivity index is 1.57. The molecule has 174 valence electrons. The lowest BCUT2D eigenvalue weighted by Gasteiger charge is -2.24. The van der Waals surface area contributed by atoms with Crippen LogP contribution in [0.4, 0.5) is 0 Å². The maximum absolute atomic E-state index is 12.6. The van der Waals surface area contributed by atoms with Crippen LogP contribution in [-0.2, 0) is 14.8 Å². The Labute approximate surface area is 194 Å². The quantitative estimate of drug-likeness (QED) is 0.496. The van der Waals surface area contributed by atoms with E-state index in [0.29, 0.717) is 11.3 Å². The number of ether oxygens (including phenoxy) is 1. The van der Waals surface area contributed by atoms with Gasteiger partial charge in [0.05, 0.1) is 19.9 Å². The van der Waals surface area contributed by atoms with Crippen molar-refractivity contribution in [2.75, 3.05) is 13.7 Å². The van der Waals surface area contributed by atoms with E-state index in [1.165, 1.54) is 17.5 Å². The number of carbonyl (C=O) groups is 1. The smallest absolute Gasteiger partial charge is 0.285 e. The van der Waals surface area contributed by atoms with Crippen molar-refractivity contribution in [3.05, 3.63) is 59.7 Å². The van der Waals surface area contributed by atoms with E-state index in [1.54, 1.807) is 31.5 Å². The Bertz CT molecular complexity index is 1170. The van der Waals surface area contributed by atoms with Gasteiger partial charge in [-0.1, -0.05) is 43.5 Å². The predicted molar refractivity (Wildman–Crippen MR) is 127 cm³/mol. The summed E-state index contributed by atoms with van der Waals surface area (Å²) in [6.07, 6.45) is 7.23. The zero-order valence-corrected chi connectivity index (χ0v) is 19.4. The van der Waals surface area contributed by atoms with Crippen LogP contribution in [0, 0.1) is 0 Å². The van der Waals surface area contributed by atoms with E-state index >= 15 is 0 Å². The van der Waals surface area contributed by atoms with Crippen LogP contribution >= 0.6 is 0 Å². The molecule has 0 unspecified atom stereocenters. The second-order valence-corrected chi connectivity index (χ2v) is 9.72. The molecule has 0 saturated heterocycles. The van der Waals surface area contributed by atoms with Crippen molar-refractivity contribution in [1.82, 2.24) is 10.3 Å². The van der Waals surface area contributed by atoms with Gasteiger partial charge in [-0.3, -0.25) is 4.79 Å². The summed E-state index contributed by atoms with van der Waals surface area (Å²) in [7, 11) is -2.24. The van der Waals surface area contributed by atoms with E-state index in [4.69, 9.17) is 4.74 Å². The Morgan fingerprint density at radius 3 is 2.67 bits per heavy atom. The molecule has 2 aromatic rings. The number of fused-ring (bicyclic) bond motifs is 1. The van der Waals surface area contributed by atoms with Crippen molar-refractivity contribution in [2.45, 2.75) is 49.5 Å². The molecule has 0 atom stereocenters. The van der Waals surface area contributed by atoms with E-state index in [0.717, 1.165) is 31.2 Å². The summed E-state index contributed by atoms with van der Waals surface area (Å²) >= 11 is 0. The molecule has 0 bridgehead atoms. The van der Waals surface area contributed by atoms with Crippen molar-refractivity contribution in [3.8, 4) is 5.75 Å². The first kappa shape index (κ1) is 23.0. The summed E-state index contributed by atoms with van der Waals surface area (Å²) in [6, 6.07) is 14.2. The van der Waals surface area contributed by atoms with E-state index in [1.807, 2.05) is 24.3 Å². The van der Waals surface area contributed by atoms with Gasteiger partial charge in [0, 0.05) is 23.6 Å². The lowest BCUT2D eigenvalue weighted by Crippen LogP contribution is -2.38. The number of benzene rings is 2. The highest BCUT2D eigenvalue weighted by Gasteiger charge is 2.32. The van der Waals surface area contributed by atoms with Gasteiger partial charge in [0.1, 0.15) is 10.6 Å². The molecule has 33 heavy (non-hydrogen) atoms. The van der Waals surface area contributed by atoms with Crippen molar-refractivity contribution < 1.29 is 17.9 Å². The average molecular weight is 469 g/mol. The van der Waals surface area contributed by atoms with Crippen LogP contribution in [0.3, 0.4) is 0 Å². The molecule has 4 rings (SSSR count). The third kappa shape index (κ3) is 5.42. The van der Waals surface area contributed by atoms with Crippen LogP contribution in [-0.4, -0.2) is 51.1 Å². The third-order valence-corrected chi connectivity index (χ3v) is 7.18. The number of hydrogen-bond acceptors (Lipinski definition) is 6. The van der Waals surface area contributed by atoms with Crippen LogP contribution in [0.15, 0.2) is 62.9 Å². The van der Waals surface area contributed by atoms with Crippen LogP contribution in [0.1, 0.15) is 49.7 Å². The number of amides is 1. The molecule has 1 amide bonds. The van der Waals surface area contributed by atoms with Gasteiger partial charge in [-0.05, 0) is 37.1 Å². The number of hydrogen-bond donors (Lipinski definition) is 1.